The Labute approximate surface area is 108 Å². The van der Waals surface area contributed by atoms with Crippen LogP contribution in [0.4, 0.5) is 10.1 Å². The van der Waals surface area contributed by atoms with E-state index >= 15 is 0 Å². The van der Waals surface area contributed by atoms with Crippen molar-refractivity contribution in [2.75, 3.05) is 5.32 Å². The van der Waals surface area contributed by atoms with Crippen LogP contribution in [0.3, 0.4) is 0 Å². The molecule has 0 aliphatic rings. The molecule has 0 aliphatic heterocycles. The maximum absolute atomic E-state index is 13.6. The van der Waals surface area contributed by atoms with Crippen molar-refractivity contribution in [1.82, 2.24) is 10.2 Å². The van der Waals surface area contributed by atoms with Crippen molar-refractivity contribution >= 4 is 21.6 Å². The van der Waals surface area contributed by atoms with Crippen LogP contribution in [0.25, 0.3) is 0 Å². The number of nitrogens with one attached hydrogen (secondary N) is 2. The highest BCUT2D eigenvalue weighted by atomic mass is 79.9. The Bertz CT molecular complexity index is 497. The fourth-order valence-electron chi connectivity index (χ4n) is 1.68. The summed E-state index contributed by atoms with van der Waals surface area (Å²) in [7, 11) is 0. The Morgan fingerprint density at radius 1 is 1.41 bits per heavy atom. The highest BCUT2D eigenvalue weighted by Gasteiger charge is 2.09. The molecular formula is C12H13BrFN3. The van der Waals surface area contributed by atoms with Gasteiger partial charge in [0, 0.05) is 22.3 Å². The molecule has 5 heteroatoms. The van der Waals surface area contributed by atoms with Gasteiger partial charge in [-0.3, -0.25) is 5.10 Å². The highest BCUT2D eigenvalue weighted by Crippen LogP contribution is 2.26. The average Bonchev–Trinajstić information content (AvgIpc) is 2.59. The molecule has 0 bridgehead atoms. The summed E-state index contributed by atoms with van der Waals surface area (Å²) in [5, 5.41) is 10.1. The first-order valence-corrected chi connectivity index (χ1v) is 6.07. The van der Waals surface area contributed by atoms with E-state index in [-0.39, 0.29) is 5.82 Å². The third-order valence-corrected chi connectivity index (χ3v) is 3.35. The minimum Gasteiger partial charge on any atom is -0.378 e. The molecule has 0 aliphatic carbocycles. The Hall–Kier alpha value is -1.36. The number of aromatic nitrogens is 2. The summed E-state index contributed by atoms with van der Waals surface area (Å²) in [4.78, 5) is 0. The standard InChI is InChI=1S/C12H13BrFN3/c1-7-9(8(2)17-16-7)6-15-12-10(13)4-3-5-11(12)14/h3-5,15H,6H2,1-2H3,(H,16,17). The quantitative estimate of drug-likeness (QED) is 0.910. The van der Waals surface area contributed by atoms with Crippen LogP contribution in [0, 0.1) is 19.7 Å². The molecule has 0 saturated heterocycles. The predicted molar refractivity (Wildman–Crippen MR) is 69.5 cm³/mol. The Balaban J connectivity index is 2.18. The minimum atomic E-state index is -0.266. The number of aromatic amines is 1. The molecule has 0 atom stereocenters. The zero-order chi connectivity index (χ0) is 12.4. The van der Waals surface area contributed by atoms with Crippen molar-refractivity contribution in [3.05, 3.63) is 45.4 Å². The van der Waals surface area contributed by atoms with Gasteiger partial charge in [-0.1, -0.05) is 6.07 Å². The number of hydrogen-bond acceptors (Lipinski definition) is 2. The van der Waals surface area contributed by atoms with E-state index in [0.717, 1.165) is 21.4 Å². The average molecular weight is 298 g/mol. The van der Waals surface area contributed by atoms with Gasteiger partial charge in [0.15, 0.2) is 0 Å². The molecule has 0 spiro atoms. The van der Waals surface area contributed by atoms with E-state index in [1.165, 1.54) is 6.07 Å². The second-order valence-electron chi connectivity index (χ2n) is 3.86. The summed E-state index contributed by atoms with van der Waals surface area (Å²) in [6.07, 6.45) is 0. The number of nitrogens with zero attached hydrogens (tertiary/aromatic N) is 1. The maximum Gasteiger partial charge on any atom is 0.147 e. The lowest BCUT2D eigenvalue weighted by atomic mass is 10.2. The molecule has 3 nitrogen and oxygen atoms in total. The van der Waals surface area contributed by atoms with Crippen LogP contribution >= 0.6 is 15.9 Å². The van der Waals surface area contributed by atoms with Crippen LogP contribution in [0.2, 0.25) is 0 Å². The van der Waals surface area contributed by atoms with Gasteiger partial charge in [0.05, 0.1) is 11.4 Å². The number of hydrogen-bond donors (Lipinski definition) is 2. The van der Waals surface area contributed by atoms with E-state index in [2.05, 4.69) is 31.4 Å². The number of halogens is 2. The zero-order valence-electron chi connectivity index (χ0n) is 9.64. The molecule has 1 aromatic carbocycles. The lowest BCUT2D eigenvalue weighted by Gasteiger charge is -2.09. The van der Waals surface area contributed by atoms with Gasteiger partial charge in [0.2, 0.25) is 0 Å². The van der Waals surface area contributed by atoms with Gasteiger partial charge in [0.25, 0.3) is 0 Å². The molecule has 2 N–H and O–H groups in total. The summed E-state index contributed by atoms with van der Waals surface area (Å²) < 4.78 is 14.3. The van der Waals surface area contributed by atoms with Gasteiger partial charge >= 0.3 is 0 Å². The van der Waals surface area contributed by atoms with Crippen LogP contribution in [-0.2, 0) is 6.54 Å². The van der Waals surface area contributed by atoms with Gasteiger partial charge in [-0.2, -0.15) is 5.10 Å². The predicted octanol–water partition coefficient (Wildman–Crippen LogP) is 3.54. The monoisotopic (exact) mass is 297 g/mol. The number of aryl methyl sites for hydroxylation is 2. The van der Waals surface area contributed by atoms with Crippen molar-refractivity contribution in [2.45, 2.75) is 20.4 Å². The SMILES string of the molecule is Cc1n[nH]c(C)c1CNc1c(F)cccc1Br. The van der Waals surface area contributed by atoms with Crippen molar-refractivity contribution in [3.8, 4) is 0 Å². The van der Waals surface area contributed by atoms with Crippen LogP contribution in [0.1, 0.15) is 17.0 Å². The van der Waals surface area contributed by atoms with Crippen molar-refractivity contribution in [2.24, 2.45) is 0 Å². The van der Waals surface area contributed by atoms with Crippen molar-refractivity contribution < 1.29 is 4.39 Å². The summed E-state index contributed by atoms with van der Waals surface area (Å²) in [5.41, 5.74) is 3.48. The number of para-hydroxylation sites is 1. The van der Waals surface area contributed by atoms with Gasteiger partial charge < -0.3 is 5.32 Å². The molecule has 0 fully saturated rings. The molecule has 1 aromatic heterocycles. The summed E-state index contributed by atoms with van der Waals surface area (Å²) in [6, 6.07) is 4.90. The fourth-order valence-corrected chi connectivity index (χ4v) is 2.16. The van der Waals surface area contributed by atoms with E-state index in [4.69, 9.17) is 0 Å². The van der Waals surface area contributed by atoms with Gasteiger partial charge in [-0.15, -0.1) is 0 Å². The number of H-pyrrole nitrogens is 1. The molecule has 0 unspecified atom stereocenters. The topological polar surface area (TPSA) is 40.7 Å². The van der Waals surface area contributed by atoms with Crippen molar-refractivity contribution in [3.63, 3.8) is 0 Å². The zero-order valence-corrected chi connectivity index (χ0v) is 11.2. The minimum absolute atomic E-state index is 0.266. The molecule has 0 amide bonds. The third-order valence-electron chi connectivity index (χ3n) is 2.69. The summed E-state index contributed by atoms with van der Waals surface area (Å²) >= 11 is 3.32. The summed E-state index contributed by atoms with van der Waals surface area (Å²) in [5.74, 6) is -0.266. The lowest BCUT2D eigenvalue weighted by Crippen LogP contribution is -2.03. The molecule has 2 aromatic rings. The van der Waals surface area contributed by atoms with Crippen molar-refractivity contribution in [1.29, 1.82) is 0 Å². The first-order valence-electron chi connectivity index (χ1n) is 5.28. The lowest BCUT2D eigenvalue weighted by molar-refractivity contribution is 0.629. The highest BCUT2D eigenvalue weighted by molar-refractivity contribution is 9.10. The van der Waals surface area contributed by atoms with Gasteiger partial charge in [-0.05, 0) is 41.9 Å². The van der Waals surface area contributed by atoms with E-state index in [1.54, 1.807) is 12.1 Å². The van der Waals surface area contributed by atoms with E-state index in [0.29, 0.717) is 12.2 Å². The Morgan fingerprint density at radius 3 is 2.76 bits per heavy atom. The second kappa shape index (κ2) is 4.87. The summed E-state index contributed by atoms with van der Waals surface area (Å²) in [6.45, 7) is 4.43. The number of benzene rings is 1. The molecule has 1 heterocycles. The number of anilines is 1. The molecule has 0 saturated carbocycles. The van der Waals surface area contributed by atoms with Crippen LogP contribution in [0.15, 0.2) is 22.7 Å². The molecule has 90 valence electrons. The van der Waals surface area contributed by atoms with Gasteiger partial charge in [0.1, 0.15) is 5.82 Å². The van der Waals surface area contributed by atoms with Crippen LogP contribution < -0.4 is 5.32 Å². The van der Waals surface area contributed by atoms with E-state index < -0.39 is 0 Å². The molecule has 0 radical (unpaired) electrons. The maximum atomic E-state index is 13.6. The van der Waals surface area contributed by atoms with E-state index in [1.807, 2.05) is 13.8 Å². The van der Waals surface area contributed by atoms with Gasteiger partial charge in [-0.25, -0.2) is 4.39 Å². The molecule has 17 heavy (non-hydrogen) atoms. The first kappa shape index (κ1) is 12.1. The van der Waals surface area contributed by atoms with E-state index in [9.17, 15) is 4.39 Å². The molecule has 2 rings (SSSR count). The normalized spacial score (nSPS) is 10.6. The smallest absolute Gasteiger partial charge is 0.147 e. The molecular weight excluding hydrogens is 285 g/mol. The largest absolute Gasteiger partial charge is 0.378 e. The Morgan fingerprint density at radius 2 is 2.18 bits per heavy atom. The number of rotatable bonds is 3. The fraction of sp³-hybridized carbons (Fsp3) is 0.250. The van der Waals surface area contributed by atoms with Crippen LogP contribution in [-0.4, -0.2) is 10.2 Å². The Kier molecular flexibility index (Phi) is 3.47. The van der Waals surface area contributed by atoms with Crippen LogP contribution in [0.5, 0.6) is 0 Å². The third kappa shape index (κ3) is 2.49. The second-order valence-corrected chi connectivity index (χ2v) is 4.72. The first-order chi connectivity index (χ1) is 8.09.